The van der Waals surface area contributed by atoms with Gasteiger partial charge in [0.15, 0.2) is 5.82 Å². The van der Waals surface area contributed by atoms with Crippen molar-refractivity contribution in [3.8, 4) is 0 Å². The third-order valence-corrected chi connectivity index (χ3v) is 2.72. The van der Waals surface area contributed by atoms with Gasteiger partial charge in [-0.3, -0.25) is 4.79 Å². The summed E-state index contributed by atoms with van der Waals surface area (Å²) in [4.78, 5) is 18.4. The Bertz CT molecular complexity index is 509. The fraction of sp³-hybridized carbons (Fsp3) is 0.0909. The Balaban J connectivity index is 2.21. The van der Waals surface area contributed by atoms with Gasteiger partial charge in [0.2, 0.25) is 5.78 Å². The minimum absolute atomic E-state index is 0.117. The van der Waals surface area contributed by atoms with Gasteiger partial charge in [0, 0.05) is 28.9 Å². The SMILES string of the molecule is O=C(Cc1cc(Cl)ccc1Cl)c1ncc[nH]1. The van der Waals surface area contributed by atoms with E-state index in [0.29, 0.717) is 21.4 Å². The van der Waals surface area contributed by atoms with Crippen LogP contribution in [0.2, 0.25) is 10.0 Å². The van der Waals surface area contributed by atoms with E-state index in [1.54, 1.807) is 24.4 Å². The van der Waals surface area contributed by atoms with E-state index in [0.717, 1.165) is 0 Å². The summed E-state index contributed by atoms with van der Waals surface area (Å²) in [7, 11) is 0. The van der Waals surface area contributed by atoms with Gasteiger partial charge < -0.3 is 4.98 Å². The highest BCUT2D eigenvalue weighted by atomic mass is 35.5. The molecule has 0 fully saturated rings. The third kappa shape index (κ3) is 2.43. The Morgan fingerprint density at radius 3 is 2.88 bits per heavy atom. The molecule has 82 valence electrons. The third-order valence-electron chi connectivity index (χ3n) is 2.12. The fourth-order valence-electron chi connectivity index (χ4n) is 1.35. The summed E-state index contributed by atoms with van der Waals surface area (Å²) in [5, 5.41) is 1.09. The van der Waals surface area contributed by atoms with Crippen molar-refractivity contribution in [3.05, 3.63) is 52.0 Å². The van der Waals surface area contributed by atoms with Gasteiger partial charge in [-0.25, -0.2) is 4.98 Å². The normalized spacial score (nSPS) is 10.4. The highest BCUT2D eigenvalue weighted by Gasteiger charge is 2.11. The smallest absolute Gasteiger partial charge is 0.202 e. The first-order valence-electron chi connectivity index (χ1n) is 4.63. The number of rotatable bonds is 3. The van der Waals surface area contributed by atoms with Crippen molar-refractivity contribution in [1.29, 1.82) is 0 Å². The van der Waals surface area contributed by atoms with Crippen LogP contribution in [-0.4, -0.2) is 15.8 Å². The number of Topliss-reactive ketones (excluding diaryl/α,β-unsaturated/α-hetero) is 1. The first-order chi connectivity index (χ1) is 7.66. The molecule has 0 atom stereocenters. The van der Waals surface area contributed by atoms with E-state index in [1.165, 1.54) is 6.20 Å². The summed E-state index contributed by atoms with van der Waals surface area (Å²) in [5.41, 5.74) is 0.704. The molecule has 2 aromatic rings. The molecule has 1 N–H and O–H groups in total. The molecule has 0 radical (unpaired) electrons. The first kappa shape index (κ1) is 11.2. The molecule has 0 aliphatic rings. The summed E-state index contributed by atoms with van der Waals surface area (Å²) in [6.45, 7) is 0. The lowest BCUT2D eigenvalue weighted by molar-refractivity contribution is 0.0984. The second kappa shape index (κ2) is 4.68. The Morgan fingerprint density at radius 1 is 1.38 bits per heavy atom. The molecule has 0 saturated carbocycles. The van der Waals surface area contributed by atoms with Crippen LogP contribution in [0.25, 0.3) is 0 Å². The minimum atomic E-state index is -0.117. The van der Waals surface area contributed by atoms with Gasteiger partial charge in [-0.1, -0.05) is 23.2 Å². The maximum absolute atomic E-state index is 11.7. The lowest BCUT2D eigenvalue weighted by atomic mass is 10.1. The second-order valence-corrected chi connectivity index (χ2v) is 4.12. The molecule has 16 heavy (non-hydrogen) atoms. The number of nitrogens with zero attached hydrogens (tertiary/aromatic N) is 1. The number of nitrogens with one attached hydrogen (secondary N) is 1. The van der Waals surface area contributed by atoms with Gasteiger partial charge in [-0.05, 0) is 23.8 Å². The molecular weight excluding hydrogens is 247 g/mol. The van der Waals surface area contributed by atoms with Gasteiger partial charge in [0.05, 0.1) is 0 Å². The predicted octanol–water partition coefficient (Wildman–Crippen LogP) is 3.14. The highest BCUT2D eigenvalue weighted by Crippen LogP contribution is 2.21. The Morgan fingerprint density at radius 2 is 2.19 bits per heavy atom. The molecule has 0 spiro atoms. The molecule has 0 aliphatic heterocycles. The maximum atomic E-state index is 11.7. The van der Waals surface area contributed by atoms with Crippen LogP contribution < -0.4 is 0 Å². The van der Waals surface area contributed by atoms with Gasteiger partial charge in [0.25, 0.3) is 0 Å². The van der Waals surface area contributed by atoms with Crippen molar-refractivity contribution < 1.29 is 4.79 Å². The number of imidazole rings is 1. The summed E-state index contributed by atoms with van der Waals surface area (Å²) in [6, 6.07) is 5.05. The summed E-state index contributed by atoms with van der Waals surface area (Å²) >= 11 is 11.8. The molecule has 1 aromatic carbocycles. The standard InChI is InChI=1S/C11H8Cl2N2O/c12-8-1-2-9(13)7(5-8)6-10(16)11-14-3-4-15-11/h1-5H,6H2,(H,14,15). The topological polar surface area (TPSA) is 45.8 Å². The van der Waals surface area contributed by atoms with Gasteiger partial charge in [-0.2, -0.15) is 0 Å². The zero-order chi connectivity index (χ0) is 11.5. The van der Waals surface area contributed by atoms with Crippen LogP contribution in [0.5, 0.6) is 0 Å². The van der Waals surface area contributed by atoms with Crippen molar-refractivity contribution in [2.45, 2.75) is 6.42 Å². The molecule has 5 heteroatoms. The van der Waals surface area contributed by atoms with Crippen LogP contribution >= 0.6 is 23.2 Å². The van der Waals surface area contributed by atoms with Gasteiger partial charge in [-0.15, -0.1) is 0 Å². The van der Waals surface area contributed by atoms with E-state index in [9.17, 15) is 4.79 Å². The summed E-state index contributed by atoms with van der Waals surface area (Å²) in [5.74, 6) is 0.213. The van der Waals surface area contributed by atoms with Crippen LogP contribution in [0.15, 0.2) is 30.6 Å². The van der Waals surface area contributed by atoms with Crippen LogP contribution in [0.1, 0.15) is 16.2 Å². The summed E-state index contributed by atoms with van der Waals surface area (Å²) < 4.78 is 0. The van der Waals surface area contributed by atoms with Crippen LogP contribution in [-0.2, 0) is 6.42 Å². The molecule has 0 saturated heterocycles. The number of benzene rings is 1. The van der Waals surface area contributed by atoms with E-state index < -0.39 is 0 Å². The molecule has 2 rings (SSSR count). The number of aromatic amines is 1. The second-order valence-electron chi connectivity index (χ2n) is 3.27. The number of aromatic nitrogens is 2. The van der Waals surface area contributed by atoms with Crippen molar-refractivity contribution >= 4 is 29.0 Å². The van der Waals surface area contributed by atoms with Crippen molar-refractivity contribution in [2.75, 3.05) is 0 Å². The van der Waals surface area contributed by atoms with Crippen molar-refractivity contribution in [2.24, 2.45) is 0 Å². The predicted molar refractivity (Wildman–Crippen MR) is 63.1 cm³/mol. The van der Waals surface area contributed by atoms with Crippen molar-refractivity contribution in [1.82, 2.24) is 9.97 Å². The van der Waals surface area contributed by atoms with E-state index in [1.807, 2.05) is 0 Å². The Hall–Kier alpha value is -1.32. The average molecular weight is 255 g/mol. The number of H-pyrrole nitrogens is 1. The van der Waals surface area contributed by atoms with Gasteiger partial charge >= 0.3 is 0 Å². The summed E-state index contributed by atoms with van der Waals surface area (Å²) in [6.07, 6.45) is 3.33. The number of hydrogen-bond donors (Lipinski definition) is 1. The Labute approximate surface area is 102 Å². The molecule has 1 heterocycles. The zero-order valence-corrected chi connectivity index (χ0v) is 9.72. The number of carbonyl (C=O) groups excluding carboxylic acids is 1. The van der Waals surface area contributed by atoms with Crippen LogP contribution in [0.3, 0.4) is 0 Å². The van der Waals surface area contributed by atoms with E-state index in [4.69, 9.17) is 23.2 Å². The molecule has 0 aliphatic carbocycles. The molecule has 3 nitrogen and oxygen atoms in total. The average Bonchev–Trinajstić information content (AvgIpc) is 2.76. The number of halogens is 2. The molecular formula is C11H8Cl2N2O. The molecule has 1 aromatic heterocycles. The first-order valence-corrected chi connectivity index (χ1v) is 5.39. The zero-order valence-electron chi connectivity index (χ0n) is 8.21. The fourth-order valence-corrected chi connectivity index (χ4v) is 1.73. The monoisotopic (exact) mass is 254 g/mol. The lowest BCUT2D eigenvalue weighted by Crippen LogP contribution is -2.06. The largest absolute Gasteiger partial charge is 0.342 e. The number of ketones is 1. The van der Waals surface area contributed by atoms with Crippen LogP contribution in [0, 0.1) is 0 Å². The van der Waals surface area contributed by atoms with E-state index in [-0.39, 0.29) is 12.2 Å². The van der Waals surface area contributed by atoms with Crippen LogP contribution in [0.4, 0.5) is 0 Å². The lowest BCUT2D eigenvalue weighted by Gasteiger charge is -2.02. The number of carbonyl (C=O) groups is 1. The Kier molecular flexibility index (Phi) is 3.27. The molecule has 0 bridgehead atoms. The highest BCUT2D eigenvalue weighted by molar-refractivity contribution is 6.33. The van der Waals surface area contributed by atoms with E-state index >= 15 is 0 Å². The number of hydrogen-bond acceptors (Lipinski definition) is 2. The molecule has 0 amide bonds. The quantitative estimate of drug-likeness (QED) is 0.856. The van der Waals surface area contributed by atoms with E-state index in [2.05, 4.69) is 9.97 Å². The maximum Gasteiger partial charge on any atom is 0.202 e. The minimum Gasteiger partial charge on any atom is -0.342 e. The van der Waals surface area contributed by atoms with Gasteiger partial charge in [0.1, 0.15) is 0 Å². The van der Waals surface area contributed by atoms with Crippen molar-refractivity contribution in [3.63, 3.8) is 0 Å². The molecule has 0 unspecified atom stereocenters.